The van der Waals surface area contributed by atoms with Gasteiger partial charge in [0.2, 0.25) is 0 Å². The molecule has 0 bridgehead atoms. The van der Waals surface area contributed by atoms with Crippen LogP contribution >= 0.6 is 11.8 Å². The number of hydrogen-bond donors (Lipinski definition) is 0. The van der Waals surface area contributed by atoms with Crippen LogP contribution in [0.4, 0.5) is 9.18 Å². The first-order chi connectivity index (χ1) is 15.0. The van der Waals surface area contributed by atoms with Crippen molar-refractivity contribution in [1.29, 1.82) is 0 Å². The predicted octanol–water partition coefficient (Wildman–Crippen LogP) is 4.43. The standard InChI is InChI=1S/C23H19FN2O4S/c1-2-30-21(27)14-26-22(28)20(31-23(26)29)11-16-13-25(19-10-6-4-8-17(16)19)12-15-7-3-5-9-18(15)24/h3-11,13H,2,12,14H2,1H3/b20-11+. The molecule has 0 aliphatic carbocycles. The Labute approximate surface area is 182 Å². The SMILES string of the molecule is CCOC(=O)CN1C(=O)S/C(=C/c2cn(Cc3ccccc3F)c3ccccc23)C1=O. The highest BCUT2D eigenvalue weighted by Crippen LogP contribution is 2.34. The highest BCUT2D eigenvalue weighted by Gasteiger charge is 2.36. The molecule has 158 valence electrons. The van der Waals surface area contributed by atoms with Crippen LogP contribution in [0.1, 0.15) is 18.1 Å². The fourth-order valence-electron chi connectivity index (χ4n) is 3.44. The van der Waals surface area contributed by atoms with Gasteiger partial charge >= 0.3 is 5.97 Å². The van der Waals surface area contributed by atoms with E-state index in [2.05, 4.69) is 0 Å². The zero-order chi connectivity index (χ0) is 22.0. The molecule has 8 heteroatoms. The van der Waals surface area contributed by atoms with E-state index in [1.807, 2.05) is 35.0 Å². The maximum atomic E-state index is 14.2. The second kappa shape index (κ2) is 8.77. The largest absolute Gasteiger partial charge is 0.465 e. The second-order valence-corrected chi connectivity index (χ2v) is 7.89. The molecular formula is C23H19FN2O4S. The Morgan fingerprint density at radius 2 is 1.87 bits per heavy atom. The van der Waals surface area contributed by atoms with Crippen LogP contribution in [0.2, 0.25) is 0 Å². The molecule has 0 radical (unpaired) electrons. The summed E-state index contributed by atoms with van der Waals surface area (Å²) < 4.78 is 20.9. The lowest BCUT2D eigenvalue weighted by Crippen LogP contribution is -2.34. The number of benzene rings is 2. The van der Waals surface area contributed by atoms with Gasteiger partial charge in [-0.25, -0.2) is 4.39 Å². The molecule has 4 rings (SSSR count). The van der Waals surface area contributed by atoms with Crippen LogP contribution in [0.5, 0.6) is 0 Å². The van der Waals surface area contributed by atoms with Crippen molar-refractivity contribution in [3.63, 3.8) is 0 Å². The van der Waals surface area contributed by atoms with Crippen molar-refractivity contribution in [2.75, 3.05) is 13.2 Å². The Morgan fingerprint density at radius 3 is 2.65 bits per heavy atom. The molecule has 1 aromatic heterocycles. The number of aromatic nitrogens is 1. The minimum Gasteiger partial charge on any atom is -0.465 e. The van der Waals surface area contributed by atoms with E-state index >= 15 is 0 Å². The lowest BCUT2D eigenvalue weighted by atomic mass is 10.1. The van der Waals surface area contributed by atoms with Gasteiger partial charge in [0.1, 0.15) is 12.4 Å². The summed E-state index contributed by atoms with van der Waals surface area (Å²) in [6.07, 6.45) is 3.46. The summed E-state index contributed by atoms with van der Waals surface area (Å²) in [5.41, 5.74) is 2.15. The number of ether oxygens (including phenoxy) is 1. The fraction of sp³-hybridized carbons (Fsp3) is 0.174. The van der Waals surface area contributed by atoms with Gasteiger partial charge in [-0.3, -0.25) is 19.3 Å². The number of esters is 1. The Morgan fingerprint density at radius 1 is 1.13 bits per heavy atom. The molecule has 3 aromatic rings. The molecule has 1 saturated heterocycles. The molecule has 0 unspecified atom stereocenters. The number of halogens is 1. The number of carbonyl (C=O) groups is 3. The average molecular weight is 438 g/mol. The highest BCUT2D eigenvalue weighted by molar-refractivity contribution is 8.18. The Kier molecular flexibility index (Phi) is 5.90. The van der Waals surface area contributed by atoms with E-state index in [1.54, 1.807) is 31.2 Å². The number of carbonyl (C=O) groups excluding carboxylic acids is 3. The maximum absolute atomic E-state index is 14.2. The number of hydrogen-bond acceptors (Lipinski definition) is 5. The van der Waals surface area contributed by atoms with Crippen molar-refractivity contribution < 1.29 is 23.5 Å². The summed E-state index contributed by atoms with van der Waals surface area (Å²) >= 11 is 0.782. The van der Waals surface area contributed by atoms with Crippen molar-refractivity contribution in [3.8, 4) is 0 Å². The first-order valence-corrected chi connectivity index (χ1v) is 10.5. The highest BCUT2D eigenvalue weighted by atomic mass is 32.2. The van der Waals surface area contributed by atoms with E-state index in [0.29, 0.717) is 12.1 Å². The molecule has 1 aliphatic heterocycles. The third-order valence-corrected chi connectivity index (χ3v) is 5.78. The van der Waals surface area contributed by atoms with Gasteiger partial charge in [-0.05, 0) is 36.9 Å². The van der Waals surface area contributed by atoms with Gasteiger partial charge < -0.3 is 9.30 Å². The van der Waals surface area contributed by atoms with E-state index in [4.69, 9.17) is 4.74 Å². The summed E-state index contributed by atoms with van der Waals surface area (Å²) in [5, 5.41) is 0.357. The molecule has 2 aromatic carbocycles. The van der Waals surface area contributed by atoms with Crippen molar-refractivity contribution in [1.82, 2.24) is 9.47 Å². The van der Waals surface area contributed by atoms with Crippen LogP contribution in [0.25, 0.3) is 17.0 Å². The van der Waals surface area contributed by atoms with Crippen LogP contribution in [0, 0.1) is 5.82 Å². The van der Waals surface area contributed by atoms with E-state index in [1.165, 1.54) is 6.07 Å². The molecular weight excluding hydrogens is 419 g/mol. The van der Waals surface area contributed by atoms with Gasteiger partial charge in [-0.1, -0.05) is 36.4 Å². The molecule has 0 N–H and O–H groups in total. The number of imide groups is 1. The molecule has 2 amide bonds. The van der Waals surface area contributed by atoms with E-state index in [-0.39, 0.29) is 17.3 Å². The van der Waals surface area contributed by atoms with Crippen LogP contribution in [-0.2, 0) is 20.9 Å². The van der Waals surface area contributed by atoms with Gasteiger partial charge in [0.15, 0.2) is 0 Å². The fourth-order valence-corrected chi connectivity index (χ4v) is 4.27. The third-order valence-electron chi connectivity index (χ3n) is 4.87. The number of thioether (sulfide) groups is 1. The second-order valence-electron chi connectivity index (χ2n) is 6.89. The van der Waals surface area contributed by atoms with Gasteiger partial charge in [0, 0.05) is 28.2 Å². The van der Waals surface area contributed by atoms with Crippen LogP contribution < -0.4 is 0 Å². The van der Waals surface area contributed by atoms with E-state index in [0.717, 1.165) is 33.1 Å². The lowest BCUT2D eigenvalue weighted by molar-refractivity contribution is -0.145. The number of fused-ring (bicyclic) bond motifs is 1. The normalized spacial score (nSPS) is 15.3. The molecule has 0 spiro atoms. The summed E-state index contributed by atoms with van der Waals surface area (Å²) in [4.78, 5) is 37.7. The smallest absolute Gasteiger partial charge is 0.326 e. The average Bonchev–Trinajstić information content (AvgIpc) is 3.22. The van der Waals surface area contributed by atoms with Crippen molar-refractivity contribution >= 4 is 45.9 Å². The van der Waals surface area contributed by atoms with Crippen LogP contribution in [0.3, 0.4) is 0 Å². The minimum atomic E-state index is -0.632. The van der Waals surface area contributed by atoms with Crippen molar-refractivity contribution in [2.24, 2.45) is 0 Å². The number of nitrogens with zero attached hydrogens (tertiary/aromatic N) is 2. The van der Waals surface area contributed by atoms with Gasteiger partial charge in [0.25, 0.3) is 11.1 Å². The zero-order valence-electron chi connectivity index (χ0n) is 16.7. The van der Waals surface area contributed by atoms with Gasteiger partial charge in [0.05, 0.1) is 18.1 Å². The number of rotatable bonds is 6. The summed E-state index contributed by atoms with van der Waals surface area (Å²) in [6.45, 7) is 1.74. The summed E-state index contributed by atoms with van der Waals surface area (Å²) in [7, 11) is 0. The van der Waals surface area contributed by atoms with Crippen LogP contribution in [-0.4, -0.2) is 39.7 Å². The van der Waals surface area contributed by atoms with E-state index < -0.39 is 23.7 Å². The minimum absolute atomic E-state index is 0.173. The molecule has 31 heavy (non-hydrogen) atoms. The number of amides is 2. The first kappa shape index (κ1) is 20.9. The Balaban J connectivity index is 1.67. The van der Waals surface area contributed by atoms with E-state index in [9.17, 15) is 18.8 Å². The number of para-hydroxylation sites is 1. The summed E-state index contributed by atoms with van der Waals surface area (Å²) in [6, 6.07) is 14.2. The zero-order valence-corrected chi connectivity index (χ0v) is 17.5. The quantitative estimate of drug-likeness (QED) is 0.421. The van der Waals surface area contributed by atoms with Crippen molar-refractivity contribution in [2.45, 2.75) is 13.5 Å². The van der Waals surface area contributed by atoms with Gasteiger partial charge in [-0.2, -0.15) is 0 Å². The first-order valence-electron chi connectivity index (χ1n) is 9.70. The Hall–Kier alpha value is -3.39. The molecule has 1 fully saturated rings. The molecule has 6 nitrogen and oxygen atoms in total. The van der Waals surface area contributed by atoms with Gasteiger partial charge in [-0.15, -0.1) is 0 Å². The monoisotopic (exact) mass is 438 g/mol. The molecule has 0 atom stereocenters. The summed E-state index contributed by atoms with van der Waals surface area (Å²) in [5.74, 6) is -1.46. The van der Waals surface area contributed by atoms with Crippen LogP contribution in [0.15, 0.2) is 59.6 Å². The third kappa shape index (κ3) is 4.25. The lowest BCUT2D eigenvalue weighted by Gasteiger charge is -2.10. The van der Waals surface area contributed by atoms with Crippen molar-refractivity contribution in [3.05, 3.63) is 76.6 Å². The maximum Gasteiger partial charge on any atom is 0.326 e. The molecule has 0 saturated carbocycles. The Bertz CT molecular complexity index is 1220. The molecule has 1 aliphatic rings. The topological polar surface area (TPSA) is 68.6 Å². The predicted molar refractivity (Wildman–Crippen MR) is 117 cm³/mol. The molecule has 2 heterocycles.